The molecule has 1 atom stereocenters. The number of piperidine rings is 1. The van der Waals surface area contributed by atoms with Crippen molar-refractivity contribution in [2.24, 2.45) is 0 Å². The van der Waals surface area contributed by atoms with Crippen LogP contribution in [0.15, 0.2) is 42.5 Å². The molecule has 2 aliphatic rings. The Labute approximate surface area is 185 Å². The maximum Gasteiger partial charge on any atom is 0.253 e. The molecule has 8 heteroatoms. The number of nitrogens with one attached hydrogen (secondary N) is 1. The maximum absolute atomic E-state index is 15.3. The predicted octanol–water partition coefficient (Wildman–Crippen LogP) is 3.91. The topological polar surface area (TPSA) is 44.8 Å². The third-order valence-corrected chi connectivity index (χ3v) is 6.26. The van der Waals surface area contributed by atoms with Crippen molar-refractivity contribution >= 4 is 23.2 Å². The molecule has 0 radical (unpaired) electrons. The normalized spacial score (nSPS) is 20.2. The molecule has 166 valence electrons. The summed E-state index contributed by atoms with van der Waals surface area (Å²) in [5.74, 6) is 0.0160. The minimum atomic E-state index is -1.38. The van der Waals surface area contributed by atoms with E-state index < -0.39 is 11.5 Å². The van der Waals surface area contributed by atoms with Gasteiger partial charge >= 0.3 is 0 Å². The number of ether oxygens (including phenoxy) is 1. The molecule has 0 aromatic heterocycles. The van der Waals surface area contributed by atoms with Crippen LogP contribution in [0.5, 0.6) is 5.75 Å². The Morgan fingerprint density at radius 2 is 2.00 bits per heavy atom. The van der Waals surface area contributed by atoms with E-state index in [1.165, 1.54) is 18.2 Å². The lowest BCUT2D eigenvalue weighted by Gasteiger charge is -2.37. The summed E-state index contributed by atoms with van der Waals surface area (Å²) in [6, 6.07) is 11.8. The number of rotatable bonds is 5. The van der Waals surface area contributed by atoms with Gasteiger partial charge in [-0.1, -0.05) is 23.7 Å². The zero-order chi connectivity index (χ0) is 22.0. The third-order valence-electron chi connectivity index (χ3n) is 5.97. The average Bonchev–Trinajstić information content (AvgIpc) is 2.76. The molecule has 1 unspecified atom stereocenters. The number of carbonyl (C=O) groups is 1. The zero-order valence-electron chi connectivity index (χ0n) is 17.4. The quantitative estimate of drug-likeness (QED) is 0.751. The molecule has 0 aliphatic carbocycles. The Balaban J connectivity index is 1.26. The van der Waals surface area contributed by atoms with E-state index in [1.54, 1.807) is 4.90 Å². The van der Waals surface area contributed by atoms with Crippen molar-refractivity contribution in [3.05, 3.63) is 58.9 Å². The molecule has 2 heterocycles. The van der Waals surface area contributed by atoms with E-state index in [1.807, 2.05) is 31.3 Å². The number of nitrogens with zero attached hydrogens (tertiary/aromatic N) is 2. The summed E-state index contributed by atoms with van der Waals surface area (Å²) < 4.78 is 34.6. The van der Waals surface area contributed by atoms with Gasteiger partial charge in [-0.3, -0.25) is 4.79 Å². The summed E-state index contributed by atoms with van der Waals surface area (Å²) in [6.45, 7) is 2.10. The highest BCUT2D eigenvalue weighted by molar-refractivity contribution is 6.31. The monoisotopic (exact) mass is 449 g/mol. The summed E-state index contributed by atoms with van der Waals surface area (Å²) in [5, 5.41) is 3.12. The summed E-state index contributed by atoms with van der Waals surface area (Å²) in [4.78, 5) is 16.3. The number of carbonyl (C=O) groups excluding carboxylic acids is 1. The number of likely N-dealkylation sites (N-methyl/N-ethyl adjacent to an activating group) is 1. The molecule has 0 saturated carbocycles. The third kappa shape index (κ3) is 4.93. The van der Waals surface area contributed by atoms with Crippen molar-refractivity contribution in [1.29, 1.82) is 0 Å². The van der Waals surface area contributed by atoms with Gasteiger partial charge in [-0.25, -0.2) is 8.78 Å². The number of anilines is 1. The predicted molar refractivity (Wildman–Crippen MR) is 117 cm³/mol. The fourth-order valence-electron chi connectivity index (χ4n) is 4.16. The van der Waals surface area contributed by atoms with Crippen LogP contribution in [0.25, 0.3) is 0 Å². The van der Waals surface area contributed by atoms with Gasteiger partial charge in [-0.05, 0) is 30.3 Å². The molecule has 1 amide bonds. The van der Waals surface area contributed by atoms with Gasteiger partial charge in [0.2, 0.25) is 0 Å². The molecule has 0 spiro atoms. The SMILES string of the molecule is CN1CC(CNCC2(F)CCN(C(=O)c3ccc(F)c(Cl)c3)CC2)Oc2ccccc21. The van der Waals surface area contributed by atoms with Crippen molar-refractivity contribution in [3.63, 3.8) is 0 Å². The molecule has 4 rings (SSSR count). The first-order valence-electron chi connectivity index (χ1n) is 10.5. The first-order valence-corrected chi connectivity index (χ1v) is 10.8. The summed E-state index contributed by atoms with van der Waals surface area (Å²) >= 11 is 5.77. The van der Waals surface area contributed by atoms with Gasteiger partial charge in [0, 0.05) is 51.6 Å². The highest BCUT2D eigenvalue weighted by Crippen LogP contribution is 2.32. The van der Waals surface area contributed by atoms with E-state index >= 15 is 4.39 Å². The number of amides is 1. The van der Waals surface area contributed by atoms with E-state index in [4.69, 9.17) is 16.3 Å². The molecule has 5 nitrogen and oxygen atoms in total. The second-order valence-corrected chi connectivity index (χ2v) is 8.70. The van der Waals surface area contributed by atoms with Crippen LogP contribution in [0.4, 0.5) is 14.5 Å². The minimum absolute atomic E-state index is 0.0617. The lowest BCUT2D eigenvalue weighted by Crippen LogP contribution is -2.51. The number of fused-ring (bicyclic) bond motifs is 1. The van der Waals surface area contributed by atoms with E-state index in [0.29, 0.717) is 25.2 Å². The Bertz CT molecular complexity index is 950. The van der Waals surface area contributed by atoms with Crippen molar-refractivity contribution < 1.29 is 18.3 Å². The van der Waals surface area contributed by atoms with Crippen LogP contribution in [0, 0.1) is 5.82 Å². The molecule has 31 heavy (non-hydrogen) atoms. The number of para-hydroxylation sites is 2. The van der Waals surface area contributed by atoms with Gasteiger partial charge in [0.25, 0.3) is 5.91 Å². The van der Waals surface area contributed by atoms with Crippen LogP contribution >= 0.6 is 11.6 Å². The lowest BCUT2D eigenvalue weighted by molar-refractivity contribution is 0.0424. The number of benzene rings is 2. The fourth-order valence-corrected chi connectivity index (χ4v) is 4.34. The molecule has 0 bridgehead atoms. The second-order valence-electron chi connectivity index (χ2n) is 8.29. The number of halogens is 3. The van der Waals surface area contributed by atoms with Crippen molar-refractivity contribution in [1.82, 2.24) is 10.2 Å². The van der Waals surface area contributed by atoms with Crippen molar-refractivity contribution in [3.8, 4) is 5.75 Å². The number of hydrogen-bond donors (Lipinski definition) is 1. The summed E-state index contributed by atoms with van der Waals surface area (Å²) in [7, 11) is 2.02. The maximum atomic E-state index is 15.3. The first-order chi connectivity index (χ1) is 14.8. The zero-order valence-corrected chi connectivity index (χ0v) is 18.2. The van der Waals surface area contributed by atoms with Crippen molar-refractivity contribution in [2.45, 2.75) is 24.6 Å². The molecular formula is C23H26ClF2N3O2. The van der Waals surface area contributed by atoms with E-state index in [9.17, 15) is 9.18 Å². The van der Waals surface area contributed by atoms with Crippen LogP contribution in [0.1, 0.15) is 23.2 Å². The highest BCUT2D eigenvalue weighted by atomic mass is 35.5. The van der Waals surface area contributed by atoms with Gasteiger partial charge in [0.15, 0.2) is 0 Å². The Kier molecular flexibility index (Phi) is 6.34. The van der Waals surface area contributed by atoms with E-state index in [-0.39, 0.29) is 36.4 Å². The fraction of sp³-hybridized carbons (Fsp3) is 0.435. The molecule has 1 N–H and O–H groups in total. The van der Waals surface area contributed by atoms with Gasteiger partial charge in [0.05, 0.1) is 17.3 Å². The second kappa shape index (κ2) is 9.01. The molecular weight excluding hydrogens is 424 g/mol. The average molecular weight is 450 g/mol. The molecule has 1 fully saturated rings. The molecule has 1 saturated heterocycles. The van der Waals surface area contributed by atoms with Crippen molar-refractivity contribution in [2.75, 3.05) is 44.7 Å². The first kappa shape index (κ1) is 21.8. The van der Waals surface area contributed by atoms with Crippen LogP contribution in [-0.2, 0) is 0 Å². The van der Waals surface area contributed by atoms with Gasteiger partial charge in [-0.15, -0.1) is 0 Å². The molecule has 2 aliphatic heterocycles. The number of likely N-dealkylation sites (tertiary alicyclic amines) is 1. The smallest absolute Gasteiger partial charge is 0.253 e. The largest absolute Gasteiger partial charge is 0.485 e. The Morgan fingerprint density at radius 3 is 2.74 bits per heavy atom. The van der Waals surface area contributed by atoms with Crippen LogP contribution in [0.3, 0.4) is 0 Å². The van der Waals surface area contributed by atoms with Crippen LogP contribution in [0.2, 0.25) is 5.02 Å². The summed E-state index contributed by atoms with van der Waals surface area (Å²) in [5.41, 5.74) is -0.00897. The standard InChI is InChI=1S/C23H26ClF2N3O2/c1-28-14-17(31-21-5-3-2-4-20(21)28)13-27-15-23(26)8-10-29(11-9-23)22(30)16-6-7-19(25)18(24)12-16/h2-7,12,17,27H,8-11,13-15H2,1H3. The Morgan fingerprint density at radius 1 is 1.26 bits per heavy atom. The molecule has 2 aromatic carbocycles. The van der Waals surface area contributed by atoms with E-state index in [2.05, 4.69) is 10.2 Å². The number of alkyl halides is 1. The number of hydrogen-bond acceptors (Lipinski definition) is 4. The lowest BCUT2D eigenvalue weighted by atomic mass is 9.92. The van der Waals surface area contributed by atoms with Gasteiger partial charge in [-0.2, -0.15) is 0 Å². The Hall–Kier alpha value is -2.38. The van der Waals surface area contributed by atoms with Crippen LogP contribution in [-0.4, -0.2) is 62.4 Å². The van der Waals surface area contributed by atoms with Crippen LogP contribution < -0.4 is 15.0 Å². The highest BCUT2D eigenvalue weighted by Gasteiger charge is 2.36. The minimum Gasteiger partial charge on any atom is -0.485 e. The van der Waals surface area contributed by atoms with Gasteiger partial charge in [0.1, 0.15) is 23.3 Å². The molecule has 2 aromatic rings. The van der Waals surface area contributed by atoms with E-state index in [0.717, 1.165) is 18.0 Å². The van der Waals surface area contributed by atoms with Gasteiger partial charge < -0.3 is 19.9 Å². The summed E-state index contributed by atoms with van der Waals surface area (Å²) in [6.07, 6.45) is 0.428.